The van der Waals surface area contributed by atoms with Crippen LogP contribution >= 0.6 is 0 Å². The summed E-state index contributed by atoms with van der Waals surface area (Å²) >= 11 is 0. The summed E-state index contributed by atoms with van der Waals surface area (Å²) in [6, 6.07) is -0.623. The average molecular weight is 760 g/mol. The lowest BCUT2D eigenvalue weighted by Crippen LogP contribution is -2.45. The van der Waals surface area contributed by atoms with Gasteiger partial charge in [-0.25, -0.2) is 0 Å². The van der Waals surface area contributed by atoms with Crippen molar-refractivity contribution in [3.8, 4) is 0 Å². The number of aliphatic hydroxyl groups excluding tert-OH is 2. The maximum absolute atomic E-state index is 12.3. The molecule has 2 unspecified atom stereocenters. The van der Waals surface area contributed by atoms with Gasteiger partial charge in [-0.1, -0.05) is 250 Å². The van der Waals surface area contributed by atoms with E-state index in [0.29, 0.717) is 6.42 Å². The second kappa shape index (κ2) is 46.3. The number of hydrogen-bond acceptors (Lipinski definition) is 3. The molecule has 2 atom stereocenters. The summed E-state index contributed by atoms with van der Waals surface area (Å²) in [6.45, 7) is 4.28. The molecule has 54 heavy (non-hydrogen) atoms. The maximum atomic E-state index is 12.3. The van der Waals surface area contributed by atoms with Crippen LogP contribution in [0.15, 0.2) is 24.3 Å². The lowest BCUT2D eigenvalue weighted by atomic mass is 10.0. The van der Waals surface area contributed by atoms with Gasteiger partial charge in [0, 0.05) is 6.42 Å². The van der Waals surface area contributed by atoms with Gasteiger partial charge in [0.1, 0.15) is 0 Å². The third kappa shape index (κ3) is 42.0. The summed E-state index contributed by atoms with van der Waals surface area (Å²) in [5.74, 6) is -0.0729. The standard InChI is InChI=1S/C50H97NO3/c1-3-5-7-9-11-13-15-16-17-18-19-20-21-22-23-24-25-26-27-28-29-30-31-32-33-34-36-37-39-41-43-45-49(53)48(47-52)51-50(54)46-44-42-40-38-35-14-12-10-8-6-4-2/h10,12,43,45,48-49,52-53H,3-9,11,13-42,44,46-47H2,1-2H3,(H,51,54)/b12-10-,45-43+. The molecule has 0 radical (unpaired) electrons. The fraction of sp³-hybridized carbons (Fsp3) is 0.900. The highest BCUT2D eigenvalue weighted by Gasteiger charge is 2.18. The second-order valence-corrected chi connectivity index (χ2v) is 16.9. The number of nitrogens with one attached hydrogen (secondary N) is 1. The number of carbonyl (C=O) groups is 1. The van der Waals surface area contributed by atoms with E-state index in [0.717, 1.165) is 38.5 Å². The number of carbonyl (C=O) groups excluding carboxylic acids is 1. The van der Waals surface area contributed by atoms with E-state index in [-0.39, 0.29) is 12.5 Å². The van der Waals surface area contributed by atoms with Gasteiger partial charge in [0.25, 0.3) is 0 Å². The van der Waals surface area contributed by atoms with Crippen molar-refractivity contribution in [3.63, 3.8) is 0 Å². The zero-order chi connectivity index (χ0) is 39.3. The summed E-state index contributed by atoms with van der Waals surface area (Å²) in [7, 11) is 0. The zero-order valence-electron chi connectivity index (χ0n) is 36.8. The molecule has 0 aliphatic heterocycles. The molecule has 0 aliphatic rings. The Morgan fingerprint density at radius 3 is 1.07 bits per heavy atom. The van der Waals surface area contributed by atoms with Crippen LogP contribution in [0.4, 0.5) is 0 Å². The summed E-state index contributed by atoms with van der Waals surface area (Å²) in [4.78, 5) is 12.3. The Morgan fingerprint density at radius 2 is 0.722 bits per heavy atom. The van der Waals surface area contributed by atoms with Crippen molar-refractivity contribution >= 4 is 5.91 Å². The van der Waals surface area contributed by atoms with Crippen molar-refractivity contribution in [1.29, 1.82) is 0 Å². The van der Waals surface area contributed by atoms with E-state index in [1.54, 1.807) is 6.08 Å². The summed E-state index contributed by atoms with van der Waals surface area (Å²) in [6.07, 6.45) is 60.4. The van der Waals surface area contributed by atoms with E-state index in [1.807, 2.05) is 6.08 Å². The molecule has 1 amide bonds. The fourth-order valence-electron chi connectivity index (χ4n) is 7.63. The minimum Gasteiger partial charge on any atom is -0.394 e. The Balaban J connectivity index is 3.42. The molecule has 0 heterocycles. The van der Waals surface area contributed by atoms with Gasteiger partial charge in [-0.3, -0.25) is 4.79 Å². The first kappa shape index (κ1) is 52.9. The molecule has 0 bridgehead atoms. The minimum atomic E-state index is -0.840. The maximum Gasteiger partial charge on any atom is 0.220 e. The molecule has 0 aromatic rings. The van der Waals surface area contributed by atoms with Crippen molar-refractivity contribution in [3.05, 3.63) is 24.3 Å². The molecule has 4 nitrogen and oxygen atoms in total. The number of aliphatic hydroxyl groups is 2. The van der Waals surface area contributed by atoms with Gasteiger partial charge < -0.3 is 15.5 Å². The largest absolute Gasteiger partial charge is 0.394 e. The lowest BCUT2D eigenvalue weighted by Gasteiger charge is -2.20. The van der Waals surface area contributed by atoms with Gasteiger partial charge in [0.15, 0.2) is 0 Å². The van der Waals surface area contributed by atoms with Crippen molar-refractivity contribution < 1.29 is 15.0 Å². The van der Waals surface area contributed by atoms with Crippen LogP contribution in [-0.4, -0.2) is 34.9 Å². The van der Waals surface area contributed by atoms with Crippen LogP contribution in [0, 0.1) is 0 Å². The van der Waals surface area contributed by atoms with Crippen molar-refractivity contribution in [2.24, 2.45) is 0 Å². The third-order valence-electron chi connectivity index (χ3n) is 11.4. The highest BCUT2D eigenvalue weighted by Crippen LogP contribution is 2.17. The number of amides is 1. The molecule has 0 fully saturated rings. The Kier molecular flexibility index (Phi) is 45.3. The molecule has 0 spiro atoms. The molecular formula is C50H97NO3. The van der Waals surface area contributed by atoms with Crippen LogP contribution < -0.4 is 5.32 Å². The average Bonchev–Trinajstić information content (AvgIpc) is 3.18. The molecule has 0 aromatic heterocycles. The van der Waals surface area contributed by atoms with E-state index in [2.05, 4.69) is 31.3 Å². The van der Waals surface area contributed by atoms with Crippen LogP contribution in [0.25, 0.3) is 0 Å². The van der Waals surface area contributed by atoms with Crippen LogP contribution in [-0.2, 0) is 4.79 Å². The Morgan fingerprint density at radius 1 is 0.426 bits per heavy atom. The van der Waals surface area contributed by atoms with Crippen molar-refractivity contribution in [1.82, 2.24) is 5.32 Å². The first-order valence-corrected chi connectivity index (χ1v) is 24.6. The SMILES string of the molecule is CCCC/C=C\CCCCCCCC(=O)NC(CO)C(O)/C=C/CCCCCCCCCCCCCCCCCCCCCCCCCCCCCCC. The first-order valence-electron chi connectivity index (χ1n) is 24.6. The van der Waals surface area contributed by atoms with Crippen molar-refractivity contribution in [2.75, 3.05) is 6.61 Å². The number of unbranched alkanes of at least 4 members (excludes halogenated alkanes) is 36. The van der Waals surface area contributed by atoms with E-state index in [9.17, 15) is 15.0 Å². The zero-order valence-corrected chi connectivity index (χ0v) is 36.8. The Bertz CT molecular complexity index is 780. The van der Waals surface area contributed by atoms with Crippen molar-refractivity contribution in [2.45, 2.75) is 283 Å². The summed E-state index contributed by atoms with van der Waals surface area (Å²) in [5, 5.41) is 23.0. The van der Waals surface area contributed by atoms with Gasteiger partial charge in [-0.05, 0) is 38.5 Å². The Labute approximate surface area is 339 Å². The number of rotatable bonds is 45. The third-order valence-corrected chi connectivity index (χ3v) is 11.4. The van der Waals surface area contributed by atoms with Crippen LogP contribution in [0.3, 0.4) is 0 Å². The molecule has 0 aromatic carbocycles. The Hall–Kier alpha value is -1.13. The van der Waals surface area contributed by atoms with Crippen LogP contribution in [0.1, 0.15) is 271 Å². The molecular weight excluding hydrogens is 663 g/mol. The topological polar surface area (TPSA) is 69.6 Å². The molecule has 0 rings (SSSR count). The van der Waals surface area contributed by atoms with E-state index < -0.39 is 12.1 Å². The van der Waals surface area contributed by atoms with Gasteiger partial charge in [-0.2, -0.15) is 0 Å². The van der Waals surface area contributed by atoms with E-state index in [4.69, 9.17) is 0 Å². The fourth-order valence-corrected chi connectivity index (χ4v) is 7.63. The molecule has 0 saturated heterocycles. The molecule has 0 saturated carbocycles. The predicted molar refractivity (Wildman–Crippen MR) is 239 cm³/mol. The van der Waals surface area contributed by atoms with E-state index in [1.165, 1.54) is 212 Å². The second-order valence-electron chi connectivity index (χ2n) is 16.9. The van der Waals surface area contributed by atoms with E-state index >= 15 is 0 Å². The first-order chi connectivity index (χ1) is 26.7. The monoisotopic (exact) mass is 760 g/mol. The number of hydrogen-bond donors (Lipinski definition) is 3. The quantitative estimate of drug-likeness (QED) is 0.0428. The molecule has 0 aliphatic carbocycles. The number of allylic oxidation sites excluding steroid dienone is 3. The summed E-state index contributed by atoms with van der Waals surface area (Å²) < 4.78 is 0. The van der Waals surface area contributed by atoms with Crippen LogP contribution in [0.2, 0.25) is 0 Å². The highest BCUT2D eigenvalue weighted by molar-refractivity contribution is 5.76. The van der Waals surface area contributed by atoms with Gasteiger partial charge in [0.2, 0.25) is 5.91 Å². The summed E-state index contributed by atoms with van der Waals surface area (Å²) in [5.41, 5.74) is 0. The molecule has 3 N–H and O–H groups in total. The van der Waals surface area contributed by atoms with Crippen LogP contribution in [0.5, 0.6) is 0 Å². The highest BCUT2D eigenvalue weighted by atomic mass is 16.3. The van der Waals surface area contributed by atoms with Gasteiger partial charge >= 0.3 is 0 Å². The molecule has 320 valence electrons. The van der Waals surface area contributed by atoms with Gasteiger partial charge in [0.05, 0.1) is 18.8 Å². The minimum absolute atomic E-state index is 0.0729. The predicted octanol–water partition coefficient (Wildman–Crippen LogP) is 15.6. The smallest absolute Gasteiger partial charge is 0.220 e. The van der Waals surface area contributed by atoms with Gasteiger partial charge in [-0.15, -0.1) is 0 Å². The lowest BCUT2D eigenvalue weighted by molar-refractivity contribution is -0.123. The molecule has 4 heteroatoms. The normalized spacial score (nSPS) is 13.0.